The number of nitrogens with zero attached hydrogens (tertiary/aromatic N) is 1. The van der Waals surface area contributed by atoms with Gasteiger partial charge in [0.25, 0.3) is 0 Å². The standard InChI is InChI=1S/C35H69NO2.ClH/c1-4-7-9-11-13-15-17-19-21-23-25-27-29-31-34(37)36(33-6-3)35(38)32-30-28-26-24-22-20-18-16-14-12-10-8-5-2;/h4-33H2,1-3H3;1H. The van der Waals surface area contributed by atoms with Crippen LogP contribution in [0.5, 0.6) is 0 Å². The van der Waals surface area contributed by atoms with Crippen LogP contribution in [-0.4, -0.2) is 23.3 Å². The molecule has 0 aromatic heterocycles. The molecule has 4 heteroatoms. The molecule has 234 valence electrons. The Morgan fingerprint density at radius 1 is 0.359 bits per heavy atom. The minimum Gasteiger partial charge on any atom is -0.283 e. The van der Waals surface area contributed by atoms with Crippen LogP contribution in [0.3, 0.4) is 0 Å². The molecule has 3 nitrogen and oxygen atoms in total. The molecule has 0 bridgehead atoms. The van der Waals surface area contributed by atoms with Crippen LogP contribution in [0.25, 0.3) is 0 Å². The summed E-state index contributed by atoms with van der Waals surface area (Å²) in [5.74, 6) is 0.129. The van der Waals surface area contributed by atoms with Crippen molar-refractivity contribution in [3.05, 3.63) is 0 Å². The second-order valence-electron chi connectivity index (χ2n) is 11.9. The van der Waals surface area contributed by atoms with Crippen LogP contribution in [0.2, 0.25) is 0 Å². The summed E-state index contributed by atoms with van der Waals surface area (Å²) in [6.07, 6.45) is 36.0. The van der Waals surface area contributed by atoms with Gasteiger partial charge in [0.2, 0.25) is 11.8 Å². The number of halogens is 1. The van der Waals surface area contributed by atoms with E-state index in [0.717, 1.165) is 32.1 Å². The first-order chi connectivity index (χ1) is 18.7. The first-order valence-electron chi connectivity index (χ1n) is 17.5. The van der Waals surface area contributed by atoms with Gasteiger partial charge in [0.1, 0.15) is 0 Å². The maximum Gasteiger partial charge on any atom is 0.229 e. The van der Waals surface area contributed by atoms with Gasteiger partial charge in [-0.15, -0.1) is 12.4 Å². The summed E-state index contributed by atoms with van der Waals surface area (Å²) in [4.78, 5) is 27.0. The molecule has 0 aliphatic carbocycles. The van der Waals surface area contributed by atoms with Crippen LogP contribution in [-0.2, 0) is 9.59 Å². The fourth-order valence-corrected chi connectivity index (χ4v) is 5.47. The average molecular weight is 572 g/mol. The third-order valence-electron chi connectivity index (χ3n) is 8.04. The molecule has 0 saturated carbocycles. The summed E-state index contributed by atoms with van der Waals surface area (Å²) in [5, 5.41) is 0. The molecule has 0 N–H and O–H groups in total. The molecule has 0 radical (unpaired) electrons. The second kappa shape index (κ2) is 33.6. The van der Waals surface area contributed by atoms with Crippen LogP contribution in [0, 0.1) is 0 Å². The molecule has 0 aliphatic heterocycles. The molecule has 0 spiro atoms. The summed E-state index contributed by atoms with van der Waals surface area (Å²) in [6.45, 7) is 7.20. The lowest BCUT2D eigenvalue weighted by Crippen LogP contribution is -2.37. The Bertz CT molecular complexity index is 469. The van der Waals surface area contributed by atoms with Crippen LogP contribution in [0.15, 0.2) is 0 Å². The predicted molar refractivity (Wildman–Crippen MR) is 175 cm³/mol. The summed E-state index contributed by atoms with van der Waals surface area (Å²) in [6, 6.07) is 0. The van der Waals surface area contributed by atoms with Crippen molar-refractivity contribution < 1.29 is 9.59 Å². The van der Waals surface area contributed by atoms with Crippen molar-refractivity contribution in [2.75, 3.05) is 6.54 Å². The zero-order chi connectivity index (χ0) is 27.9. The van der Waals surface area contributed by atoms with Gasteiger partial charge < -0.3 is 0 Å². The number of carbonyl (C=O) groups is 2. The quantitative estimate of drug-likeness (QED) is 0.0803. The van der Waals surface area contributed by atoms with Crippen molar-refractivity contribution in [3.8, 4) is 0 Å². The molecule has 0 unspecified atom stereocenters. The highest BCUT2D eigenvalue weighted by Crippen LogP contribution is 2.15. The van der Waals surface area contributed by atoms with Crippen molar-refractivity contribution in [3.63, 3.8) is 0 Å². The normalized spacial score (nSPS) is 10.9. The lowest BCUT2D eigenvalue weighted by atomic mass is 10.0. The van der Waals surface area contributed by atoms with Gasteiger partial charge in [-0.1, -0.05) is 175 Å². The van der Waals surface area contributed by atoms with Crippen LogP contribution in [0.1, 0.15) is 207 Å². The number of amides is 2. The molecule has 0 aliphatic rings. The van der Waals surface area contributed by atoms with Crippen molar-refractivity contribution in [1.82, 2.24) is 4.90 Å². The minimum absolute atomic E-state index is 0. The summed E-state index contributed by atoms with van der Waals surface area (Å²) in [5.41, 5.74) is 0. The molecule has 0 saturated heterocycles. The SMILES string of the molecule is CCCCCCCCCCCCCCCC(=O)N(CCC)C(=O)CCCCCCCCCCCCCCC.Cl. The average Bonchev–Trinajstić information content (AvgIpc) is 2.92. The summed E-state index contributed by atoms with van der Waals surface area (Å²) >= 11 is 0. The Morgan fingerprint density at radius 2 is 0.590 bits per heavy atom. The number of hydrogen-bond acceptors (Lipinski definition) is 2. The molecule has 0 rings (SSSR count). The van der Waals surface area contributed by atoms with Gasteiger partial charge in [-0.3, -0.25) is 14.5 Å². The molecule has 0 atom stereocenters. The highest BCUT2D eigenvalue weighted by Gasteiger charge is 2.19. The Hall–Kier alpha value is -0.570. The van der Waals surface area contributed by atoms with Gasteiger partial charge >= 0.3 is 0 Å². The van der Waals surface area contributed by atoms with E-state index in [2.05, 4.69) is 20.8 Å². The molecular formula is C35H70ClNO2. The van der Waals surface area contributed by atoms with Gasteiger partial charge in [-0.25, -0.2) is 0 Å². The highest BCUT2D eigenvalue weighted by atomic mass is 35.5. The first kappa shape index (κ1) is 40.6. The summed E-state index contributed by atoms with van der Waals surface area (Å²) < 4.78 is 0. The monoisotopic (exact) mass is 572 g/mol. The Kier molecular flexibility index (Phi) is 35.0. The maximum absolute atomic E-state index is 12.7. The predicted octanol–water partition coefficient (Wildman–Crippen LogP) is 12.1. The Morgan fingerprint density at radius 3 is 0.821 bits per heavy atom. The van der Waals surface area contributed by atoms with E-state index in [1.165, 1.54) is 141 Å². The van der Waals surface area contributed by atoms with E-state index in [4.69, 9.17) is 0 Å². The lowest BCUT2D eigenvalue weighted by Gasteiger charge is -2.20. The van der Waals surface area contributed by atoms with Crippen molar-refractivity contribution in [2.45, 2.75) is 207 Å². The van der Waals surface area contributed by atoms with E-state index >= 15 is 0 Å². The number of hydrogen-bond donors (Lipinski definition) is 0. The van der Waals surface area contributed by atoms with Crippen LogP contribution in [0.4, 0.5) is 0 Å². The largest absolute Gasteiger partial charge is 0.283 e. The Balaban J connectivity index is 0. The fraction of sp³-hybridized carbons (Fsp3) is 0.943. The third kappa shape index (κ3) is 28.7. The topological polar surface area (TPSA) is 37.4 Å². The number of carbonyl (C=O) groups excluding carboxylic acids is 2. The lowest BCUT2D eigenvalue weighted by molar-refractivity contribution is -0.145. The molecule has 2 amide bonds. The van der Waals surface area contributed by atoms with Gasteiger partial charge in [-0.05, 0) is 19.3 Å². The highest BCUT2D eigenvalue weighted by molar-refractivity contribution is 5.95. The van der Waals surface area contributed by atoms with Crippen molar-refractivity contribution >= 4 is 24.2 Å². The number of imide groups is 1. The minimum atomic E-state index is 0. The fourth-order valence-electron chi connectivity index (χ4n) is 5.47. The van der Waals surface area contributed by atoms with Gasteiger partial charge in [0.05, 0.1) is 0 Å². The van der Waals surface area contributed by atoms with E-state index in [1.807, 2.05) is 0 Å². The zero-order valence-electron chi connectivity index (χ0n) is 26.9. The van der Waals surface area contributed by atoms with E-state index < -0.39 is 0 Å². The van der Waals surface area contributed by atoms with Gasteiger partial charge in [0, 0.05) is 19.4 Å². The molecule has 0 aromatic rings. The van der Waals surface area contributed by atoms with E-state index in [9.17, 15) is 9.59 Å². The van der Waals surface area contributed by atoms with Crippen LogP contribution < -0.4 is 0 Å². The number of rotatable bonds is 30. The summed E-state index contributed by atoms with van der Waals surface area (Å²) in [7, 11) is 0. The Labute approximate surface area is 251 Å². The first-order valence-corrected chi connectivity index (χ1v) is 17.5. The zero-order valence-corrected chi connectivity index (χ0v) is 27.7. The van der Waals surface area contributed by atoms with Gasteiger partial charge in [-0.2, -0.15) is 0 Å². The molecule has 0 fully saturated rings. The number of unbranched alkanes of at least 4 members (excludes halogenated alkanes) is 24. The molecule has 0 heterocycles. The van der Waals surface area contributed by atoms with E-state index in [0.29, 0.717) is 19.4 Å². The third-order valence-corrected chi connectivity index (χ3v) is 8.04. The second-order valence-corrected chi connectivity index (χ2v) is 11.9. The molecule has 39 heavy (non-hydrogen) atoms. The molecule has 0 aromatic carbocycles. The van der Waals surface area contributed by atoms with Crippen LogP contribution >= 0.6 is 12.4 Å². The van der Waals surface area contributed by atoms with Crippen molar-refractivity contribution in [2.24, 2.45) is 0 Å². The molecular weight excluding hydrogens is 502 g/mol. The van der Waals surface area contributed by atoms with Gasteiger partial charge in [0.15, 0.2) is 0 Å². The van der Waals surface area contributed by atoms with E-state index in [1.54, 1.807) is 4.90 Å². The van der Waals surface area contributed by atoms with Crippen molar-refractivity contribution in [1.29, 1.82) is 0 Å². The smallest absolute Gasteiger partial charge is 0.229 e. The maximum atomic E-state index is 12.7. The van der Waals surface area contributed by atoms with E-state index in [-0.39, 0.29) is 24.2 Å².